The lowest BCUT2D eigenvalue weighted by Crippen LogP contribution is -2.57. The smallest absolute Gasteiger partial charge is 0.408 e. The third-order valence-electron chi connectivity index (χ3n) is 3.39. The lowest BCUT2D eigenvalue weighted by molar-refractivity contribution is -0.153. The summed E-state index contributed by atoms with van der Waals surface area (Å²) in [5, 5.41) is 11.8. The number of carbonyl (C=O) groups is 3. The van der Waals surface area contributed by atoms with E-state index in [0.717, 1.165) is 0 Å². The molecule has 0 aromatic rings. The SMILES string of the molecule is CCCC(C(=O)O)N1CCCC(NC(=O)OC(C)(C)C)C1=O. The van der Waals surface area contributed by atoms with E-state index in [1.807, 2.05) is 6.92 Å². The van der Waals surface area contributed by atoms with Crippen molar-refractivity contribution in [1.82, 2.24) is 10.2 Å². The number of nitrogens with one attached hydrogen (secondary N) is 1. The van der Waals surface area contributed by atoms with Crippen molar-refractivity contribution in [1.29, 1.82) is 0 Å². The van der Waals surface area contributed by atoms with Gasteiger partial charge in [0.15, 0.2) is 0 Å². The van der Waals surface area contributed by atoms with E-state index < -0.39 is 29.7 Å². The van der Waals surface area contributed by atoms with Crippen LogP contribution in [0.3, 0.4) is 0 Å². The molecule has 0 bridgehead atoms. The minimum absolute atomic E-state index is 0.349. The summed E-state index contributed by atoms with van der Waals surface area (Å²) in [7, 11) is 0. The summed E-state index contributed by atoms with van der Waals surface area (Å²) in [4.78, 5) is 36.9. The largest absolute Gasteiger partial charge is 0.480 e. The maximum atomic E-state index is 12.4. The standard InChI is InChI=1S/C15H26N2O5/c1-5-7-11(13(19)20)17-9-6-8-10(12(17)18)16-14(21)22-15(2,3)4/h10-11H,5-9H2,1-4H3,(H,16,21)(H,19,20). The Morgan fingerprint density at radius 3 is 2.59 bits per heavy atom. The van der Waals surface area contributed by atoms with Crippen molar-refractivity contribution < 1.29 is 24.2 Å². The molecule has 1 saturated heterocycles. The fourth-order valence-electron chi connectivity index (χ4n) is 2.48. The third kappa shape index (κ3) is 5.20. The van der Waals surface area contributed by atoms with Gasteiger partial charge in [-0.1, -0.05) is 13.3 Å². The highest BCUT2D eigenvalue weighted by Gasteiger charge is 2.37. The summed E-state index contributed by atoms with van der Waals surface area (Å²) in [5.41, 5.74) is -0.646. The number of alkyl carbamates (subject to hydrolysis) is 1. The van der Waals surface area contributed by atoms with Crippen molar-refractivity contribution in [2.24, 2.45) is 0 Å². The fraction of sp³-hybridized carbons (Fsp3) is 0.800. The molecule has 7 heteroatoms. The highest BCUT2D eigenvalue weighted by atomic mass is 16.6. The fourth-order valence-corrected chi connectivity index (χ4v) is 2.48. The molecule has 0 aromatic carbocycles. The van der Waals surface area contributed by atoms with Crippen LogP contribution in [0.1, 0.15) is 53.4 Å². The van der Waals surface area contributed by atoms with E-state index in [1.165, 1.54) is 4.90 Å². The highest BCUT2D eigenvalue weighted by molar-refractivity contribution is 5.89. The Bertz CT molecular complexity index is 430. The predicted molar refractivity (Wildman–Crippen MR) is 80.4 cm³/mol. The van der Waals surface area contributed by atoms with Crippen LogP contribution in [-0.4, -0.2) is 52.2 Å². The average molecular weight is 314 g/mol. The zero-order chi connectivity index (χ0) is 16.9. The van der Waals surface area contributed by atoms with Crippen LogP contribution >= 0.6 is 0 Å². The second-order valence-corrected chi connectivity index (χ2v) is 6.52. The van der Waals surface area contributed by atoms with Crippen molar-refractivity contribution in [3.05, 3.63) is 0 Å². The van der Waals surface area contributed by atoms with Gasteiger partial charge in [-0.3, -0.25) is 4.79 Å². The van der Waals surface area contributed by atoms with Gasteiger partial charge in [0.2, 0.25) is 5.91 Å². The lowest BCUT2D eigenvalue weighted by Gasteiger charge is -2.36. The second kappa shape index (κ2) is 7.47. The van der Waals surface area contributed by atoms with E-state index in [2.05, 4.69) is 5.32 Å². The topological polar surface area (TPSA) is 95.9 Å². The number of hydrogen-bond acceptors (Lipinski definition) is 4. The van der Waals surface area contributed by atoms with Crippen molar-refractivity contribution in [3.8, 4) is 0 Å². The molecule has 2 unspecified atom stereocenters. The number of likely N-dealkylation sites (tertiary alicyclic amines) is 1. The molecular weight excluding hydrogens is 288 g/mol. The van der Waals surface area contributed by atoms with Crippen molar-refractivity contribution in [2.75, 3.05) is 6.54 Å². The van der Waals surface area contributed by atoms with Gasteiger partial charge in [0.05, 0.1) is 0 Å². The monoisotopic (exact) mass is 314 g/mol. The molecule has 1 aliphatic heterocycles. The van der Waals surface area contributed by atoms with Crippen LogP contribution < -0.4 is 5.32 Å². The summed E-state index contributed by atoms with van der Waals surface area (Å²) in [6, 6.07) is -1.55. The van der Waals surface area contributed by atoms with Gasteiger partial charge in [-0.15, -0.1) is 0 Å². The number of nitrogens with zero attached hydrogens (tertiary/aromatic N) is 1. The molecule has 2 N–H and O–H groups in total. The minimum atomic E-state index is -1.01. The van der Waals surface area contributed by atoms with Gasteiger partial charge >= 0.3 is 12.1 Å². The van der Waals surface area contributed by atoms with Gasteiger partial charge in [0, 0.05) is 6.54 Å². The molecule has 1 rings (SSSR count). The third-order valence-corrected chi connectivity index (χ3v) is 3.39. The molecule has 0 spiro atoms. The first-order valence-corrected chi connectivity index (χ1v) is 7.68. The summed E-state index contributed by atoms with van der Waals surface area (Å²) in [5.74, 6) is -1.36. The number of carbonyl (C=O) groups excluding carboxylic acids is 2. The first kappa shape index (κ1) is 18.3. The summed E-state index contributed by atoms with van der Waals surface area (Å²) in [6.45, 7) is 7.50. The Balaban J connectivity index is 2.73. The number of piperidine rings is 1. The second-order valence-electron chi connectivity index (χ2n) is 6.52. The van der Waals surface area contributed by atoms with Gasteiger partial charge < -0.3 is 20.1 Å². The molecule has 0 aromatic heterocycles. The highest BCUT2D eigenvalue weighted by Crippen LogP contribution is 2.18. The molecular formula is C15H26N2O5. The maximum Gasteiger partial charge on any atom is 0.408 e. The van der Waals surface area contributed by atoms with E-state index in [9.17, 15) is 19.5 Å². The number of hydrogen-bond donors (Lipinski definition) is 2. The number of carboxylic acids is 1. The van der Waals surface area contributed by atoms with Crippen LogP contribution in [0.5, 0.6) is 0 Å². The minimum Gasteiger partial charge on any atom is -0.480 e. The Kier molecular flexibility index (Phi) is 6.20. The Labute approximate surface area is 131 Å². The Morgan fingerprint density at radius 1 is 1.45 bits per heavy atom. The molecule has 0 saturated carbocycles. The van der Waals surface area contributed by atoms with Crippen LogP contribution in [0.4, 0.5) is 4.79 Å². The molecule has 126 valence electrons. The maximum absolute atomic E-state index is 12.4. The summed E-state index contributed by atoms with van der Waals surface area (Å²) < 4.78 is 5.14. The number of carboxylic acid groups (broad SMARTS) is 1. The first-order chi connectivity index (χ1) is 10.2. The lowest BCUT2D eigenvalue weighted by atomic mass is 10.0. The van der Waals surface area contributed by atoms with Crippen LogP contribution in [0.2, 0.25) is 0 Å². The quantitative estimate of drug-likeness (QED) is 0.806. The zero-order valence-electron chi connectivity index (χ0n) is 13.7. The van der Waals surface area contributed by atoms with E-state index >= 15 is 0 Å². The van der Waals surface area contributed by atoms with Gasteiger partial charge in [0.25, 0.3) is 0 Å². The van der Waals surface area contributed by atoms with E-state index in [1.54, 1.807) is 20.8 Å². The number of aliphatic carboxylic acids is 1. The molecule has 7 nitrogen and oxygen atoms in total. The van der Waals surface area contributed by atoms with Crippen LogP contribution in [-0.2, 0) is 14.3 Å². The molecule has 22 heavy (non-hydrogen) atoms. The molecule has 2 amide bonds. The Morgan fingerprint density at radius 2 is 2.09 bits per heavy atom. The Hall–Kier alpha value is -1.79. The van der Waals surface area contributed by atoms with Crippen molar-refractivity contribution >= 4 is 18.0 Å². The van der Waals surface area contributed by atoms with Gasteiger partial charge in [-0.25, -0.2) is 9.59 Å². The molecule has 1 aliphatic rings. The van der Waals surface area contributed by atoms with Gasteiger partial charge in [-0.2, -0.15) is 0 Å². The van der Waals surface area contributed by atoms with Crippen LogP contribution in [0.25, 0.3) is 0 Å². The van der Waals surface area contributed by atoms with E-state index in [-0.39, 0.29) is 5.91 Å². The van der Waals surface area contributed by atoms with E-state index in [4.69, 9.17) is 4.74 Å². The van der Waals surface area contributed by atoms with Crippen LogP contribution in [0.15, 0.2) is 0 Å². The molecule has 1 fully saturated rings. The molecule has 1 heterocycles. The van der Waals surface area contributed by atoms with Crippen molar-refractivity contribution in [2.45, 2.75) is 71.1 Å². The van der Waals surface area contributed by atoms with Crippen LogP contribution in [0, 0.1) is 0 Å². The normalized spacial score (nSPS) is 20.5. The number of rotatable bonds is 5. The zero-order valence-corrected chi connectivity index (χ0v) is 13.7. The van der Waals surface area contributed by atoms with E-state index in [0.29, 0.717) is 32.2 Å². The first-order valence-electron chi connectivity index (χ1n) is 7.68. The molecule has 0 aliphatic carbocycles. The average Bonchev–Trinajstić information content (AvgIpc) is 2.36. The predicted octanol–water partition coefficient (Wildman–Crippen LogP) is 1.76. The number of amides is 2. The molecule has 2 atom stereocenters. The summed E-state index contributed by atoms with van der Waals surface area (Å²) in [6.07, 6.45) is 1.56. The van der Waals surface area contributed by atoms with Gasteiger partial charge in [-0.05, 0) is 40.0 Å². The van der Waals surface area contributed by atoms with Gasteiger partial charge in [0.1, 0.15) is 17.7 Å². The van der Waals surface area contributed by atoms with Crippen molar-refractivity contribution in [3.63, 3.8) is 0 Å². The summed E-state index contributed by atoms with van der Waals surface area (Å²) >= 11 is 0. The number of ether oxygens (including phenoxy) is 1. The molecule has 0 radical (unpaired) electrons.